The Labute approximate surface area is 145 Å². The number of nitrogens with zero attached hydrogens (tertiary/aromatic N) is 1. The van der Waals surface area contributed by atoms with Gasteiger partial charge in [0.05, 0.1) is 6.61 Å². The van der Waals surface area contributed by atoms with Crippen molar-refractivity contribution in [1.29, 1.82) is 0 Å². The van der Waals surface area contributed by atoms with Crippen LogP contribution >= 0.6 is 0 Å². The fraction of sp³-hybridized carbons (Fsp3) is 0.632. The van der Waals surface area contributed by atoms with E-state index in [2.05, 4.69) is 18.7 Å². The quantitative estimate of drug-likeness (QED) is 0.607. The zero-order valence-electron chi connectivity index (χ0n) is 15.3. The van der Waals surface area contributed by atoms with Crippen molar-refractivity contribution in [3.63, 3.8) is 0 Å². The number of rotatable bonds is 11. The van der Waals surface area contributed by atoms with Crippen LogP contribution in [0.25, 0.3) is 0 Å². The summed E-state index contributed by atoms with van der Waals surface area (Å²) in [5.41, 5.74) is 7.53. The first-order valence-corrected chi connectivity index (χ1v) is 9.02. The number of carbonyl (C=O) groups excluding carboxylic acids is 1. The Morgan fingerprint density at radius 2 is 1.83 bits per heavy atom. The van der Waals surface area contributed by atoms with E-state index in [0.717, 1.165) is 44.5 Å². The van der Waals surface area contributed by atoms with Crippen LogP contribution in [0.3, 0.4) is 0 Å². The van der Waals surface area contributed by atoms with Crippen molar-refractivity contribution in [2.75, 3.05) is 24.6 Å². The topological polar surface area (TPSA) is 75.8 Å². The molecule has 1 unspecified atom stereocenters. The van der Waals surface area contributed by atoms with Gasteiger partial charge in [-0.1, -0.05) is 32.8 Å². The summed E-state index contributed by atoms with van der Waals surface area (Å²) in [5, 5.41) is 10.3. The van der Waals surface area contributed by atoms with Crippen molar-refractivity contribution in [2.24, 2.45) is 5.73 Å². The van der Waals surface area contributed by atoms with Crippen molar-refractivity contribution in [1.82, 2.24) is 0 Å². The van der Waals surface area contributed by atoms with Crippen molar-refractivity contribution in [3.8, 4) is 5.75 Å². The van der Waals surface area contributed by atoms with Crippen molar-refractivity contribution in [3.05, 3.63) is 23.8 Å². The Bertz CT molecular complexity index is 497. The molecule has 0 aromatic heterocycles. The molecule has 24 heavy (non-hydrogen) atoms. The number of esters is 1. The maximum absolute atomic E-state index is 11.6. The molecule has 0 bridgehead atoms. The molecule has 1 atom stereocenters. The van der Waals surface area contributed by atoms with Crippen LogP contribution in [0.2, 0.25) is 0 Å². The maximum Gasteiger partial charge on any atom is 0.323 e. The van der Waals surface area contributed by atoms with Crippen LogP contribution < -0.4 is 10.6 Å². The average molecular weight is 336 g/mol. The number of anilines is 1. The van der Waals surface area contributed by atoms with E-state index in [9.17, 15) is 9.90 Å². The molecule has 1 aromatic carbocycles. The number of unbranched alkanes of at least 4 members (excludes halogenated alkanes) is 2. The summed E-state index contributed by atoms with van der Waals surface area (Å²) >= 11 is 0. The normalized spacial score (nSPS) is 12.0. The lowest BCUT2D eigenvalue weighted by molar-refractivity contribution is -0.144. The van der Waals surface area contributed by atoms with Gasteiger partial charge in [0.1, 0.15) is 11.8 Å². The van der Waals surface area contributed by atoms with Gasteiger partial charge >= 0.3 is 5.97 Å². The molecule has 5 nitrogen and oxygen atoms in total. The van der Waals surface area contributed by atoms with Gasteiger partial charge < -0.3 is 20.5 Å². The zero-order valence-corrected chi connectivity index (χ0v) is 15.3. The van der Waals surface area contributed by atoms with E-state index < -0.39 is 12.0 Å². The van der Waals surface area contributed by atoms with Gasteiger partial charge in [-0.15, -0.1) is 0 Å². The Morgan fingerprint density at radius 3 is 2.33 bits per heavy atom. The predicted octanol–water partition coefficient (Wildman–Crippen LogP) is 3.23. The Kier molecular flexibility index (Phi) is 9.23. The predicted molar refractivity (Wildman–Crippen MR) is 98.4 cm³/mol. The second-order valence-corrected chi connectivity index (χ2v) is 6.07. The summed E-state index contributed by atoms with van der Waals surface area (Å²) in [6, 6.07) is 4.88. The monoisotopic (exact) mass is 336 g/mol. The molecule has 1 aromatic rings. The van der Waals surface area contributed by atoms with E-state index in [1.807, 2.05) is 12.1 Å². The fourth-order valence-corrected chi connectivity index (χ4v) is 2.56. The largest absolute Gasteiger partial charge is 0.508 e. The summed E-state index contributed by atoms with van der Waals surface area (Å²) in [6.07, 6.45) is 4.80. The zero-order chi connectivity index (χ0) is 17.9. The SMILES string of the molecule is CCCCN(CCCC)c1ccc(CC(N)C(=O)OCC)c(O)c1. The van der Waals surface area contributed by atoms with Gasteiger partial charge in [-0.3, -0.25) is 4.79 Å². The highest BCUT2D eigenvalue weighted by Gasteiger charge is 2.17. The van der Waals surface area contributed by atoms with Crippen molar-refractivity contribution in [2.45, 2.75) is 58.9 Å². The summed E-state index contributed by atoms with van der Waals surface area (Å²) in [5.74, 6) is -0.251. The lowest BCUT2D eigenvalue weighted by Gasteiger charge is -2.25. The first-order chi connectivity index (χ1) is 11.5. The molecule has 5 heteroatoms. The van der Waals surface area contributed by atoms with Crippen LogP contribution in [0, 0.1) is 0 Å². The molecule has 0 aliphatic rings. The highest BCUT2D eigenvalue weighted by Crippen LogP contribution is 2.26. The summed E-state index contributed by atoms with van der Waals surface area (Å²) in [6.45, 7) is 8.37. The summed E-state index contributed by atoms with van der Waals surface area (Å²) < 4.78 is 4.91. The molecule has 0 saturated heterocycles. The Morgan fingerprint density at radius 1 is 1.21 bits per heavy atom. The fourth-order valence-electron chi connectivity index (χ4n) is 2.56. The molecule has 0 saturated carbocycles. The molecule has 0 amide bonds. The molecule has 0 aliphatic carbocycles. The molecule has 0 radical (unpaired) electrons. The lowest BCUT2D eigenvalue weighted by Crippen LogP contribution is -2.34. The summed E-state index contributed by atoms with van der Waals surface area (Å²) in [4.78, 5) is 13.9. The third-order valence-electron chi connectivity index (χ3n) is 4.03. The minimum atomic E-state index is -0.752. The van der Waals surface area contributed by atoms with E-state index >= 15 is 0 Å². The third-order valence-corrected chi connectivity index (χ3v) is 4.03. The van der Waals surface area contributed by atoms with Crippen LogP contribution in [0.1, 0.15) is 52.0 Å². The first kappa shape index (κ1) is 20.3. The number of carbonyl (C=O) groups is 1. The molecule has 0 spiro atoms. The number of nitrogens with two attached hydrogens (primary N) is 1. The van der Waals surface area contributed by atoms with Gasteiger partial charge in [0.25, 0.3) is 0 Å². The van der Waals surface area contributed by atoms with Gasteiger partial charge in [-0.25, -0.2) is 0 Å². The number of phenols is 1. The number of aromatic hydroxyl groups is 1. The number of benzene rings is 1. The van der Waals surface area contributed by atoms with Crippen LogP contribution in [0.4, 0.5) is 5.69 Å². The molecule has 3 N–H and O–H groups in total. The standard InChI is InChI=1S/C19H32N2O3/c1-4-7-11-21(12-8-5-2)16-10-9-15(18(22)14-16)13-17(20)19(23)24-6-3/h9-10,14,17,22H,4-8,11-13,20H2,1-3H3. The van der Waals surface area contributed by atoms with Crippen LogP contribution in [-0.4, -0.2) is 36.8 Å². The number of phenolic OH excluding ortho intramolecular Hbond substituents is 1. The van der Waals surface area contributed by atoms with Crippen LogP contribution in [0.15, 0.2) is 18.2 Å². The minimum Gasteiger partial charge on any atom is -0.508 e. The van der Waals surface area contributed by atoms with E-state index in [4.69, 9.17) is 10.5 Å². The highest BCUT2D eigenvalue weighted by atomic mass is 16.5. The smallest absolute Gasteiger partial charge is 0.323 e. The van der Waals surface area contributed by atoms with Crippen molar-refractivity contribution < 1.29 is 14.6 Å². The number of hydrogen-bond donors (Lipinski definition) is 2. The second-order valence-electron chi connectivity index (χ2n) is 6.07. The molecule has 136 valence electrons. The molecule has 1 rings (SSSR count). The van der Waals surface area contributed by atoms with Crippen LogP contribution in [-0.2, 0) is 16.0 Å². The minimum absolute atomic E-state index is 0.185. The van der Waals surface area contributed by atoms with E-state index in [1.54, 1.807) is 13.0 Å². The maximum atomic E-state index is 11.6. The molecule has 0 heterocycles. The van der Waals surface area contributed by atoms with Crippen molar-refractivity contribution >= 4 is 11.7 Å². The second kappa shape index (κ2) is 10.9. The summed E-state index contributed by atoms with van der Waals surface area (Å²) in [7, 11) is 0. The van der Waals surface area contributed by atoms with Gasteiger partial charge in [0.2, 0.25) is 0 Å². The number of ether oxygens (including phenoxy) is 1. The third kappa shape index (κ3) is 6.40. The number of hydrogen-bond acceptors (Lipinski definition) is 5. The first-order valence-electron chi connectivity index (χ1n) is 9.02. The Balaban J connectivity index is 2.81. The van der Waals surface area contributed by atoms with Gasteiger partial charge in [-0.05, 0) is 31.4 Å². The molecular formula is C19H32N2O3. The Hall–Kier alpha value is -1.75. The van der Waals surface area contributed by atoms with E-state index in [1.165, 1.54) is 0 Å². The molecule has 0 fully saturated rings. The molecule has 0 aliphatic heterocycles. The van der Waals surface area contributed by atoms with Gasteiger partial charge in [0.15, 0.2) is 0 Å². The van der Waals surface area contributed by atoms with E-state index in [0.29, 0.717) is 12.2 Å². The van der Waals surface area contributed by atoms with Crippen LogP contribution in [0.5, 0.6) is 5.75 Å². The van der Waals surface area contributed by atoms with Gasteiger partial charge in [0, 0.05) is 31.3 Å². The lowest BCUT2D eigenvalue weighted by atomic mass is 10.0. The molecular weight excluding hydrogens is 304 g/mol. The average Bonchev–Trinajstić information content (AvgIpc) is 2.57. The van der Waals surface area contributed by atoms with E-state index in [-0.39, 0.29) is 12.2 Å². The van der Waals surface area contributed by atoms with Gasteiger partial charge in [-0.2, -0.15) is 0 Å². The highest BCUT2D eigenvalue weighted by molar-refractivity contribution is 5.76.